The van der Waals surface area contributed by atoms with Crippen LogP contribution in [0, 0.1) is 12.7 Å². The van der Waals surface area contributed by atoms with Crippen molar-refractivity contribution >= 4 is 34.0 Å². The summed E-state index contributed by atoms with van der Waals surface area (Å²) in [4.78, 5) is 17.1. The van der Waals surface area contributed by atoms with E-state index in [9.17, 15) is 9.18 Å². The molecule has 0 bridgehead atoms. The standard InChI is InChI=1S/C27H26ClFN2O5/c1-15-23(29)7-6-20-22(14-30-25(15)20)27(33)26(21-5-4-16(28)10-24(21)35-3)31-17-11-18(34-2)13-19(12-17)36-9-8-32/h4-7,10-14,26,30-32H,8-9H2,1-3H3. The fourth-order valence-electron chi connectivity index (χ4n) is 4.07. The number of Topliss-reactive ketones (excluding diaryl/α,β-unsaturated/α-hetero) is 1. The number of nitrogens with one attached hydrogen (secondary N) is 2. The number of methoxy groups -OCH3 is 2. The maximum absolute atomic E-state index is 14.1. The Hall–Kier alpha value is -3.75. The number of H-pyrrole nitrogens is 1. The van der Waals surface area contributed by atoms with Gasteiger partial charge in [-0.25, -0.2) is 4.39 Å². The Morgan fingerprint density at radius 3 is 2.61 bits per heavy atom. The molecular formula is C27H26ClFN2O5. The first-order valence-corrected chi connectivity index (χ1v) is 11.6. The summed E-state index contributed by atoms with van der Waals surface area (Å²) in [6.45, 7) is 1.61. The number of aliphatic hydroxyl groups excluding tert-OH is 1. The lowest BCUT2D eigenvalue weighted by Crippen LogP contribution is -2.22. The fraction of sp³-hybridized carbons (Fsp3) is 0.222. The van der Waals surface area contributed by atoms with Crippen molar-refractivity contribution in [3.63, 3.8) is 0 Å². The summed E-state index contributed by atoms with van der Waals surface area (Å²) >= 11 is 6.18. The maximum Gasteiger partial charge on any atom is 0.191 e. The van der Waals surface area contributed by atoms with E-state index in [1.165, 1.54) is 20.3 Å². The first-order chi connectivity index (χ1) is 17.4. The maximum atomic E-state index is 14.1. The third kappa shape index (κ3) is 5.10. The van der Waals surface area contributed by atoms with Gasteiger partial charge in [-0.2, -0.15) is 0 Å². The van der Waals surface area contributed by atoms with Crippen LogP contribution in [0.1, 0.15) is 27.5 Å². The lowest BCUT2D eigenvalue weighted by molar-refractivity contribution is 0.0970. The molecule has 7 nitrogen and oxygen atoms in total. The summed E-state index contributed by atoms with van der Waals surface area (Å²) in [5.74, 6) is 0.756. The summed E-state index contributed by atoms with van der Waals surface area (Å²) in [7, 11) is 3.02. The number of aryl methyl sites for hydroxylation is 1. The van der Waals surface area contributed by atoms with Crippen molar-refractivity contribution < 1.29 is 28.5 Å². The predicted molar refractivity (Wildman–Crippen MR) is 137 cm³/mol. The summed E-state index contributed by atoms with van der Waals surface area (Å²) in [6, 6.07) is 12.2. The van der Waals surface area contributed by atoms with Crippen molar-refractivity contribution in [2.45, 2.75) is 13.0 Å². The van der Waals surface area contributed by atoms with Crippen molar-refractivity contribution in [1.82, 2.24) is 4.98 Å². The molecule has 1 unspecified atom stereocenters. The van der Waals surface area contributed by atoms with Gasteiger partial charge >= 0.3 is 0 Å². The van der Waals surface area contributed by atoms with E-state index in [-0.39, 0.29) is 24.8 Å². The van der Waals surface area contributed by atoms with Gasteiger partial charge in [0, 0.05) is 57.2 Å². The zero-order valence-electron chi connectivity index (χ0n) is 20.0. The zero-order chi connectivity index (χ0) is 25.8. The average Bonchev–Trinajstić information content (AvgIpc) is 3.32. The number of aromatic amines is 1. The monoisotopic (exact) mass is 512 g/mol. The van der Waals surface area contributed by atoms with Crippen molar-refractivity contribution in [3.05, 3.63) is 82.3 Å². The van der Waals surface area contributed by atoms with E-state index in [0.29, 0.717) is 55.6 Å². The molecule has 0 aliphatic carbocycles. The second-order valence-electron chi connectivity index (χ2n) is 8.09. The molecule has 0 radical (unpaired) electrons. The van der Waals surface area contributed by atoms with E-state index in [0.717, 1.165) is 0 Å². The first kappa shape index (κ1) is 25.3. The second-order valence-corrected chi connectivity index (χ2v) is 8.53. The lowest BCUT2D eigenvalue weighted by atomic mass is 9.95. The molecule has 188 valence electrons. The van der Waals surface area contributed by atoms with Gasteiger partial charge in [0.1, 0.15) is 35.7 Å². The van der Waals surface area contributed by atoms with Crippen LogP contribution in [0.5, 0.6) is 17.2 Å². The number of hydrogen-bond donors (Lipinski definition) is 3. The molecule has 1 heterocycles. The Morgan fingerprint density at radius 1 is 1.11 bits per heavy atom. The smallest absolute Gasteiger partial charge is 0.191 e. The zero-order valence-corrected chi connectivity index (χ0v) is 20.8. The summed E-state index contributed by atoms with van der Waals surface area (Å²) in [5, 5.41) is 13.5. The summed E-state index contributed by atoms with van der Waals surface area (Å²) < 4.78 is 30.6. The fourth-order valence-corrected chi connectivity index (χ4v) is 4.23. The van der Waals surface area contributed by atoms with E-state index < -0.39 is 6.04 Å². The third-order valence-electron chi connectivity index (χ3n) is 5.87. The Labute approximate surface area is 212 Å². The number of aromatic nitrogens is 1. The lowest BCUT2D eigenvalue weighted by Gasteiger charge is -2.22. The van der Waals surface area contributed by atoms with Crippen LogP contribution in [0.2, 0.25) is 5.02 Å². The Kier molecular flexibility index (Phi) is 7.67. The van der Waals surface area contributed by atoms with E-state index in [2.05, 4.69) is 10.3 Å². The Bertz CT molecular complexity index is 1400. The number of carbonyl (C=O) groups excluding carboxylic acids is 1. The molecule has 0 saturated carbocycles. The number of carbonyl (C=O) groups is 1. The molecule has 3 aromatic carbocycles. The highest BCUT2D eigenvalue weighted by molar-refractivity contribution is 6.30. The molecule has 4 aromatic rings. The Balaban J connectivity index is 1.82. The number of benzene rings is 3. The topological polar surface area (TPSA) is 92.8 Å². The molecule has 36 heavy (non-hydrogen) atoms. The normalized spacial score (nSPS) is 11.8. The Morgan fingerprint density at radius 2 is 1.89 bits per heavy atom. The van der Waals surface area contributed by atoms with Gasteiger partial charge in [-0.1, -0.05) is 17.7 Å². The van der Waals surface area contributed by atoms with E-state index in [4.69, 9.17) is 30.9 Å². The van der Waals surface area contributed by atoms with Gasteiger partial charge in [-0.15, -0.1) is 0 Å². The highest BCUT2D eigenvalue weighted by Crippen LogP contribution is 2.36. The molecule has 0 saturated heterocycles. The molecule has 0 aliphatic heterocycles. The number of halogens is 2. The van der Waals surface area contributed by atoms with Gasteiger partial charge in [0.15, 0.2) is 5.78 Å². The minimum absolute atomic E-state index is 0.102. The number of ketones is 1. The summed E-state index contributed by atoms with van der Waals surface area (Å²) in [5.41, 5.74) is 2.47. The van der Waals surface area contributed by atoms with Crippen LogP contribution in [0.25, 0.3) is 10.9 Å². The van der Waals surface area contributed by atoms with Crippen LogP contribution in [0.4, 0.5) is 10.1 Å². The summed E-state index contributed by atoms with van der Waals surface area (Å²) in [6.07, 6.45) is 1.58. The van der Waals surface area contributed by atoms with Gasteiger partial charge < -0.3 is 29.6 Å². The highest BCUT2D eigenvalue weighted by Gasteiger charge is 2.28. The van der Waals surface area contributed by atoms with Gasteiger partial charge in [0.05, 0.1) is 26.3 Å². The molecule has 3 N–H and O–H groups in total. The van der Waals surface area contributed by atoms with Crippen LogP contribution in [-0.4, -0.2) is 43.3 Å². The van der Waals surface area contributed by atoms with Gasteiger partial charge in [0.2, 0.25) is 0 Å². The van der Waals surface area contributed by atoms with Gasteiger partial charge in [0.25, 0.3) is 0 Å². The van der Waals surface area contributed by atoms with Crippen molar-refractivity contribution in [2.24, 2.45) is 0 Å². The van der Waals surface area contributed by atoms with Crippen molar-refractivity contribution in [3.8, 4) is 17.2 Å². The molecule has 0 fully saturated rings. The minimum Gasteiger partial charge on any atom is -0.497 e. The van der Waals surface area contributed by atoms with Crippen LogP contribution in [0.3, 0.4) is 0 Å². The number of hydrogen-bond acceptors (Lipinski definition) is 6. The van der Waals surface area contributed by atoms with Crippen molar-refractivity contribution in [2.75, 3.05) is 32.8 Å². The molecule has 0 amide bonds. The molecular weight excluding hydrogens is 487 g/mol. The van der Waals surface area contributed by atoms with Gasteiger partial charge in [-0.3, -0.25) is 4.79 Å². The second kappa shape index (κ2) is 10.9. The predicted octanol–water partition coefficient (Wildman–Crippen LogP) is 5.69. The number of fused-ring (bicyclic) bond motifs is 1. The SMILES string of the molecule is COc1cc(NC(C(=O)c2c[nH]c3c(C)c(F)ccc23)c2ccc(Cl)cc2OC)cc(OCCO)c1. The first-order valence-electron chi connectivity index (χ1n) is 11.2. The largest absolute Gasteiger partial charge is 0.497 e. The van der Waals surface area contributed by atoms with Crippen molar-refractivity contribution in [1.29, 1.82) is 0 Å². The molecule has 1 atom stereocenters. The van der Waals surface area contributed by atoms with E-state index in [1.807, 2.05) is 0 Å². The quantitative estimate of drug-likeness (QED) is 0.236. The number of aliphatic hydroxyl groups is 1. The van der Waals surface area contributed by atoms with Crippen LogP contribution < -0.4 is 19.5 Å². The number of rotatable bonds is 10. The third-order valence-corrected chi connectivity index (χ3v) is 6.11. The highest BCUT2D eigenvalue weighted by atomic mass is 35.5. The molecule has 0 aliphatic rings. The van der Waals surface area contributed by atoms with E-state index >= 15 is 0 Å². The van der Waals surface area contributed by atoms with Crippen LogP contribution >= 0.6 is 11.6 Å². The molecule has 0 spiro atoms. The van der Waals surface area contributed by atoms with Crippen LogP contribution in [-0.2, 0) is 0 Å². The van der Waals surface area contributed by atoms with Crippen LogP contribution in [0.15, 0.2) is 54.7 Å². The number of anilines is 1. The minimum atomic E-state index is -0.903. The van der Waals surface area contributed by atoms with Gasteiger partial charge in [-0.05, 0) is 31.2 Å². The van der Waals surface area contributed by atoms with E-state index in [1.54, 1.807) is 55.6 Å². The molecule has 9 heteroatoms. The molecule has 4 rings (SSSR count). The average molecular weight is 513 g/mol. The molecule has 1 aromatic heterocycles. The number of ether oxygens (including phenoxy) is 3.